The van der Waals surface area contributed by atoms with Crippen LogP contribution in [0.5, 0.6) is 0 Å². The zero-order valence-electron chi connectivity index (χ0n) is 11.5. The zero-order chi connectivity index (χ0) is 12.4. The van der Waals surface area contributed by atoms with E-state index in [0.717, 1.165) is 5.92 Å². The molecule has 1 heterocycles. The molecule has 2 rings (SSSR count). The van der Waals surface area contributed by atoms with Gasteiger partial charge in [-0.25, -0.2) is 0 Å². The summed E-state index contributed by atoms with van der Waals surface area (Å²) in [4.78, 5) is 0. The molecule has 17 heavy (non-hydrogen) atoms. The van der Waals surface area contributed by atoms with Gasteiger partial charge in [-0.2, -0.15) is 5.10 Å². The lowest BCUT2D eigenvalue weighted by atomic mass is 9.85. The van der Waals surface area contributed by atoms with Crippen LogP contribution in [-0.4, -0.2) is 15.8 Å². The minimum absolute atomic E-state index is 0.411. The van der Waals surface area contributed by atoms with Crippen LogP contribution in [0.3, 0.4) is 0 Å². The number of hydrogen-bond donors (Lipinski definition) is 1. The summed E-state index contributed by atoms with van der Waals surface area (Å²) in [6.07, 6.45) is 7.47. The fourth-order valence-electron chi connectivity index (χ4n) is 2.92. The van der Waals surface area contributed by atoms with Crippen molar-refractivity contribution in [2.75, 3.05) is 0 Å². The summed E-state index contributed by atoms with van der Waals surface area (Å²) in [6, 6.07) is 1.09. The zero-order valence-corrected chi connectivity index (χ0v) is 11.5. The molecule has 1 N–H and O–H groups in total. The van der Waals surface area contributed by atoms with E-state index >= 15 is 0 Å². The lowest BCUT2D eigenvalue weighted by molar-refractivity contribution is 0.263. The van der Waals surface area contributed by atoms with E-state index in [9.17, 15) is 0 Å². The SMILES string of the molecule is Cc1c(C(C)NC2CCCCC2C)cnn1C. The molecule has 0 spiro atoms. The highest BCUT2D eigenvalue weighted by atomic mass is 15.3. The Kier molecular flexibility index (Phi) is 3.87. The topological polar surface area (TPSA) is 29.9 Å². The van der Waals surface area contributed by atoms with Crippen molar-refractivity contribution in [3.05, 3.63) is 17.5 Å². The van der Waals surface area contributed by atoms with Crippen molar-refractivity contribution in [3.8, 4) is 0 Å². The first-order valence-electron chi connectivity index (χ1n) is 6.84. The van der Waals surface area contributed by atoms with Crippen LogP contribution in [0, 0.1) is 12.8 Å². The minimum atomic E-state index is 0.411. The predicted octanol–water partition coefficient (Wildman–Crippen LogP) is 2.96. The van der Waals surface area contributed by atoms with E-state index in [1.165, 1.54) is 36.9 Å². The monoisotopic (exact) mass is 235 g/mol. The van der Waals surface area contributed by atoms with Gasteiger partial charge >= 0.3 is 0 Å². The van der Waals surface area contributed by atoms with Gasteiger partial charge in [-0.3, -0.25) is 4.68 Å². The van der Waals surface area contributed by atoms with Crippen LogP contribution >= 0.6 is 0 Å². The van der Waals surface area contributed by atoms with Gasteiger partial charge in [0.25, 0.3) is 0 Å². The molecule has 96 valence electrons. The maximum absolute atomic E-state index is 4.33. The van der Waals surface area contributed by atoms with Crippen LogP contribution in [-0.2, 0) is 7.05 Å². The summed E-state index contributed by atoms with van der Waals surface area (Å²) in [5.74, 6) is 0.808. The average Bonchev–Trinajstić information content (AvgIpc) is 2.63. The predicted molar refractivity (Wildman–Crippen MR) is 70.9 cm³/mol. The standard InChI is InChI=1S/C14H25N3/c1-10-7-5-6-8-14(10)16-11(2)13-9-15-17(4)12(13)3/h9-11,14,16H,5-8H2,1-4H3. The smallest absolute Gasteiger partial charge is 0.0540 e. The third-order valence-corrected chi connectivity index (χ3v) is 4.32. The molecule has 3 unspecified atom stereocenters. The van der Waals surface area contributed by atoms with Crippen LogP contribution in [0.1, 0.15) is 56.8 Å². The molecule has 0 bridgehead atoms. The maximum atomic E-state index is 4.33. The molecule has 0 aromatic carbocycles. The van der Waals surface area contributed by atoms with Gasteiger partial charge in [0.2, 0.25) is 0 Å². The molecule has 1 fully saturated rings. The molecule has 1 aliphatic rings. The van der Waals surface area contributed by atoms with Gasteiger partial charge in [-0.15, -0.1) is 0 Å². The third kappa shape index (κ3) is 2.71. The molecule has 3 heteroatoms. The average molecular weight is 235 g/mol. The van der Waals surface area contributed by atoms with E-state index in [4.69, 9.17) is 0 Å². The highest BCUT2D eigenvalue weighted by Crippen LogP contribution is 2.26. The van der Waals surface area contributed by atoms with E-state index in [1.807, 2.05) is 17.9 Å². The summed E-state index contributed by atoms with van der Waals surface area (Å²) < 4.78 is 1.96. The summed E-state index contributed by atoms with van der Waals surface area (Å²) in [5.41, 5.74) is 2.61. The first-order valence-corrected chi connectivity index (χ1v) is 6.84. The van der Waals surface area contributed by atoms with Crippen LogP contribution in [0.15, 0.2) is 6.20 Å². The number of aromatic nitrogens is 2. The molecule has 1 saturated carbocycles. The van der Waals surface area contributed by atoms with Crippen molar-refractivity contribution >= 4 is 0 Å². The second-order valence-corrected chi connectivity index (χ2v) is 5.57. The second-order valence-electron chi connectivity index (χ2n) is 5.57. The molecule has 0 saturated heterocycles. The Morgan fingerprint density at radius 3 is 2.71 bits per heavy atom. The molecule has 0 aliphatic heterocycles. The Hall–Kier alpha value is -0.830. The number of nitrogens with zero attached hydrogens (tertiary/aromatic N) is 2. The minimum Gasteiger partial charge on any atom is -0.307 e. The van der Waals surface area contributed by atoms with E-state index in [0.29, 0.717) is 12.1 Å². The van der Waals surface area contributed by atoms with E-state index in [1.54, 1.807) is 0 Å². The molecule has 1 aliphatic carbocycles. The first kappa shape index (κ1) is 12.6. The van der Waals surface area contributed by atoms with Gasteiger partial charge in [-0.05, 0) is 32.6 Å². The number of hydrogen-bond acceptors (Lipinski definition) is 2. The number of aryl methyl sites for hydroxylation is 1. The molecule has 3 nitrogen and oxygen atoms in total. The highest BCUT2D eigenvalue weighted by Gasteiger charge is 2.23. The molecule has 0 radical (unpaired) electrons. The fourth-order valence-corrected chi connectivity index (χ4v) is 2.92. The number of nitrogens with one attached hydrogen (secondary N) is 1. The van der Waals surface area contributed by atoms with Gasteiger partial charge in [-0.1, -0.05) is 19.8 Å². The fraction of sp³-hybridized carbons (Fsp3) is 0.786. The van der Waals surface area contributed by atoms with Gasteiger partial charge in [0.1, 0.15) is 0 Å². The van der Waals surface area contributed by atoms with Gasteiger partial charge in [0.15, 0.2) is 0 Å². The van der Waals surface area contributed by atoms with Gasteiger partial charge in [0.05, 0.1) is 6.20 Å². The Balaban J connectivity index is 2.01. The van der Waals surface area contributed by atoms with Crippen molar-refractivity contribution in [2.45, 2.75) is 58.5 Å². The highest BCUT2D eigenvalue weighted by molar-refractivity contribution is 5.19. The van der Waals surface area contributed by atoms with E-state index < -0.39 is 0 Å². The summed E-state index contributed by atoms with van der Waals surface area (Å²) in [6.45, 7) is 6.77. The number of rotatable bonds is 3. The van der Waals surface area contributed by atoms with Crippen LogP contribution in [0.2, 0.25) is 0 Å². The first-order chi connectivity index (χ1) is 8.09. The van der Waals surface area contributed by atoms with Crippen molar-refractivity contribution in [1.29, 1.82) is 0 Å². The molecule has 3 atom stereocenters. The van der Waals surface area contributed by atoms with Crippen molar-refractivity contribution in [3.63, 3.8) is 0 Å². The van der Waals surface area contributed by atoms with Crippen molar-refractivity contribution in [2.24, 2.45) is 13.0 Å². The summed E-state index contributed by atoms with van der Waals surface area (Å²) in [7, 11) is 2.01. The van der Waals surface area contributed by atoms with Crippen molar-refractivity contribution < 1.29 is 0 Å². The van der Waals surface area contributed by atoms with Crippen LogP contribution in [0.25, 0.3) is 0 Å². The normalized spacial score (nSPS) is 27.1. The molecular weight excluding hydrogens is 210 g/mol. The quantitative estimate of drug-likeness (QED) is 0.873. The molecule has 0 amide bonds. The lowest BCUT2D eigenvalue weighted by Gasteiger charge is -2.32. The largest absolute Gasteiger partial charge is 0.307 e. The Morgan fingerprint density at radius 2 is 2.12 bits per heavy atom. The van der Waals surface area contributed by atoms with Gasteiger partial charge in [0, 0.05) is 30.4 Å². The molecular formula is C14H25N3. The second kappa shape index (κ2) is 5.21. The van der Waals surface area contributed by atoms with E-state index in [2.05, 4.69) is 31.2 Å². The van der Waals surface area contributed by atoms with Crippen molar-refractivity contribution in [1.82, 2.24) is 15.1 Å². The summed E-state index contributed by atoms with van der Waals surface area (Å²) in [5, 5.41) is 8.11. The van der Waals surface area contributed by atoms with Crippen LogP contribution < -0.4 is 5.32 Å². The maximum Gasteiger partial charge on any atom is 0.0540 e. The Bertz CT molecular complexity index is 370. The molecule has 1 aromatic rings. The van der Waals surface area contributed by atoms with Gasteiger partial charge < -0.3 is 5.32 Å². The van der Waals surface area contributed by atoms with Crippen LogP contribution in [0.4, 0.5) is 0 Å². The summed E-state index contributed by atoms with van der Waals surface area (Å²) >= 11 is 0. The van der Waals surface area contributed by atoms with E-state index in [-0.39, 0.29) is 0 Å². The lowest BCUT2D eigenvalue weighted by Crippen LogP contribution is -2.38. The molecule has 1 aromatic heterocycles. The Labute approximate surface area is 105 Å². The third-order valence-electron chi connectivity index (χ3n) is 4.32. The Morgan fingerprint density at radius 1 is 1.41 bits per heavy atom.